The molecule has 4 N–H and O–H groups in total. The molecule has 0 radical (unpaired) electrons. The molecule has 0 saturated heterocycles. The van der Waals surface area contributed by atoms with Gasteiger partial charge in [0.05, 0.1) is 6.61 Å². The highest BCUT2D eigenvalue weighted by Crippen LogP contribution is 2.06. The predicted octanol–water partition coefficient (Wildman–Crippen LogP) is 0.991. The van der Waals surface area contributed by atoms with Gasteiger partial charge in [0.15, 0.2) is 0 Å². The lowest BCUT2D eigenvalue weighted by molar-refractivity contribution is 0.141. The Labute approximate surface area is 95.6 Å². The van der Waals surface area contributed by atoms with Crippen LogP contribution in [-0.2, 0) is 4.74 Å². The highest BCUT2D eigenvalue weighted by molar-refractivity contribution is 5.45. The monoisotopic (exact) mass is 225 g/mol. The van der Waals surface area contributed by atoms with Gasteiger partial charge >= 0.3 is 0 Å². The van der Waals surface area contributed by atoms with E-state index in [4.69, 9.17) is 10.6 Å². The first-order valence-corrected chi connectivity index (χ1v) is 5.47. The lowest BCUT2D eigenvalue weighted by Crippen LogP contribution is -2.13. The summed E-state index contributed by atoms with van der Waals surface area (Å²) < 4.78 is 5.41. The zero-order chi connectivity index (χ0) is 11.6. The summed E-state index contributed by atoms with van der Waals surface area (Å²) in [6.45, 7) is 4.36. The molecule has 0 unspecified atom stereocenters. The van der Waals surface area contributed by atoms with Gasteiger partial charge in [-0.2, -0.15) is 0 Å². The number of rotatable bonds is 8. The minimum atomic E-state index is 0.587. The average molecular weight is 225 g/mol. The van der Waals surface area contributed by atoms with Gasteiger partial charge in [0.25, 0.3) is 0 Å². The number of unbranched alkanes of at least 4 members (excludes halogenated alkanes) is 1. The van der Waals surface area contributed by atoms with Crippen molar-refractivity contribution in [1.82, 2.24) is 9.97 Å². The smallest absolute Gasteiger partial charge is 0.145 e. The highest BCUT2D eigenvalue weighted by Gasteiger charge is 1.96. The van der Waals surface area contributed by atoms with Crippen LogP contribution < -0.4 is 16.6 Å². The molecule has 1 rings (SSSR count). The zero-order valence-electron chi connectivity index (χ0n) is 9.57. The average Bonchev–Trinajstić information content (AvgIpc) is 2.34. The molecule has 90 valence electrons. The number of anilines is 2. The molecule has 0 aliphatic rings. The van der Waals surface area contributed by atoms with Crippen molar-refractivity contribution < 1.29 is 4.74 Å². The summed E-state index contributed by atoms with van der Waals surface area (Å²) in [6, 6.07) is 1.74. The van der Waals surface area contributed by atoms with Crippen LogP contribution in [0.3, 0.4) is 0 Å². The fourth-order valence-electron chi connectivity index (χ4n) is 1.13. The molecule has 0 aliphatic heterocycles. The normalized spacial score (nSPS) is 10.1. The zero-order valence-corrected chi connectivity index (χ0v) is 9.57. The highest BCUT2D eigenvalue weighted by atomic mass is 16.5. The largest absolute Gasteiger partial charge is 0.380 e. The molecule has 16 heavy (non-hydrogen) atoms. The lowest BCUT2D eigenvalue weighted by atomic mass is 10.4. The van der Waals surface area contributed by atoms with Crippen LogP contribution in [0.2, 0.25) is 0 Å². The number of nitrogens with one attached hydrogen (secondary N) is 2. The van der Waals surface area contributed by atoms with Crippen LogP contribution >= 0.6 is 0 Å². The molecular weight excluding hydrogens is 206 g/mol. The van der Waals surface area contributed by atoms with Crippen LogP contribution in [0.25, 0.3) is 0 Å². The third-order valence-electron chi connectivity index (χ3n) is 2.01. The van der Waals surface area contributed by atoms with Crippen molar-refractivity contribution in [2.75, 3.05) is 30.5 Å². The van der Waals surface area contributed by atoms with Crippen LogP contribution in [0.5, 0.6) is 0 Å². The maximum atomic E-state index is 5.41. The molecule has 0 aromatic carbocycles. The number of nitrogen functional groups attached to an aromatic ring is 1. The van der Waals surface area contributed by atoms with E-state index in [1.807, 2.05) is 0 Å². The van der Waals surface area contributed by atoms with E-state index in [2.05, 4.69) is 27.6 Å². The van der Waals surface area contributed by atoms with E-state index in [0.717, 1.165) is 31.8 Å². The molecule has 0 spiro atoms. The molecular formula is C10H19N5O. The van der Waals surface area contributed by atoms with Crippen LogP contribution in [0, 0.1) is 0 Å². The molecule has 0 aliphatic carbocycles. The predicted molar refractivity (Wildman–Crippen MR) is 64.1 cm³/mol. The second-order valence-corrected chi connectivity index (χ2v) is 3.33. The summed E-state index contributed by atoms with van der Waals surface area (Å²) in [4.78, 5) is 7.96. The molecule has 6 heteroatoms. The molecule has 0 fully saturated rings. The van der Waals surface area contributed by atoms with Gasteiger partial charge in [0, 0.05) is 19.2 Å². The van der Waals surface area contributed by atoms with E-state index in [-0.39, 0.29) is 0 Å². The molecule has 1 aromatic heterocycles. The molecule has 0 atom stereocenters. The number of hydrogen-bond acceptors (Lipinski definition) is 6. The van der Waals surface area contributed by atoms with Gasteiger partial charge in [-0.15, -0.1) is 0 Å². The van der Waals surface area contributed by atoms with E-state index >= 15 is 0 Å². The fourth-order valence-corrected chi connectivity index (χ4v) is 1.13. The van der Waals surface area contributed by atoms with Crippen molar-refractivity contribution >= 4 is 11.6 Å². The van der Waals surface area contributed by atoms with Crippen molar-refractivity contribution in [3.8, 4) is 0 Å². The Morgan fingerprint density at radius 3 is 2.88 bits per heavy atom. The standard InChI is InChI=1S/C10H19N5O/c1-2-3-5-16-6-4-12-9-7-10(15-11)14-8-13-9/h7-8H,2-6,11H2,1H3,(H2,12,13,14,15). The van der Waals surface area contributed by atoms with E-state index in [1.54, 1.807) is 6.07 Å². The Balaban J connectivity index is 2.16. The van der Waals surface area contributed by atoms with Crippen molar-refractivity contribution in [3.63, 3.8) is 0 Å². The van der Waals surface area contributed by atoms with E-state index in [9.17, 15) is 0 Å². The van der Waals surface area contributed by atoms with E-state index in [1.165, 1.54) is 6.33 Å². The van der Waals surface area contributed by atoms with Gasteiger partial charge in [-0.3, -0.25) is 0 Å². The summed E-state index contributed by atoms with van der Waals surface area (Å²) in [7, 11) is 0. The van der Waals surface area contributed by atoms with Gasteiger partial charge in [-0.25, -0.2) is 15.8 Å². The summed E-state index contributed by atoms with van der Waals surface area (Å²) in [5.41, 5.74) is 2.46. The maximum Gasteiger partial charge on any atom is 0.145 e. The SMILES string of the molecule is CCCCOCCNc1cc(NN)ncn1. The summed E-state index contributed by atoms with van der Waals surface area (Å²) in [6.07, 6.45) is 3.72. The van der Waals surface area contributed by atoms with Gasteiger partial charge in [-0.05, 0) is 6.42 Å². The third-order valence-corrected chi connectivity index (χ3v) is 2.01. The number of aromatic nitrogens is 2. The number of nitrogens with two attached hydrogens (primary N) is 1. The van der Waals surface area contributed by atoms with Crippen molar-refractivity contribution in [2.45, 2.75) is 19.8 Å². The molecule has 0 saturated carbocycles. The van der Waals surface area contributed by atoms with Gasteiger partial charge in [-0.1, -0.05) is 13.3 Å². The Bertz CT molecular complexity index is 294. The summed E-state index contributed by atoms with van der Waals surface area (Å²) >= 11 is 0. The van der Waals surface area contributed by atoms with Gasteiger partial charge < -0.3 is 15.5 Å². The van der Waals surface area contributed by atoms with Crippen molar-refractivity contribution in [1.29, 1.82) is 0 Å². The number of hydrazine groups is 1. The van der Waals surface area contributed by atoms with Crippen LogP contribution in [0.1, 0.15) is 19.8 Å². The third kappa shape index (κ3) is 4.90. The molecule has 1 aromatic rings. The lowest BCUT2D eigenvalue weighted by Gasteiger charge is -2.07. The first-order valence-electron chi connectivity index (χ1n) is 5.47. The fraction of sp³-hybridized carbons (Fsp3) is 0.600. The number of nitrogens with zero attached hydrogens (tertiary/aromatic N) is 2. The minimum Gasteiger partial charge on any atom is -0.380 e. The van der Waals surface area contributed by atoms with E-state index < -0.39 is 0 Å². The first-order chi connectivity index (χ1) is 7.86. The Hall–Kier alpha value is -1.40. The summed E-state index contributed by atoms with van der Waals surface area (Å²) in [5, 5.41) is 3.12. The molecule has 6 nitrogen and oxygen atoms in total. The second-order valence-electron chi connectivity index (χ2n) is 3.33. The van der Waals surface area contributed by atoms with Gasteiger partial charge in [0.1, 0.15) is 18.0 Å². The van der Waals surface area contributed by atoms with Crippen molar-refractivity contribution in [3.05, 3.63) is 12.4 Å². The topological polar surface area (TPSA) is 85.1 Å². The Morgan fingerprint density at radius 1 is 1.31 bits per heavy atom. The Kier molecular flexibility index (Phi) is 6.20. The van der Waals surface area contributed by atoms with E-state index in [0.29, 0.717) is 12.4 Å². The van der Waals surface area contributed by atoms with Crippen LogP contribution in [-0.4, -0.2) is 29.7 Å². The van der Waals surface area contributed by atoms with Gasteiger partial charge in [0.2, 0.25) is 0 Å². The Morgan fingerprint density at radius 2 is 2.12 bits per heavy atom. The molecule has 0 bridgehead atoms. The quantitative estimate of drug-likeness (QED) is 0.347. The van der Waals surface area contributed by atoms with Crippen molar-refractivity contribution in [2.24, 2.45) is 5.84 Å². The second kappa shape index (κ2) is 7.84. The van der Waals surface area contributed by atoms with Crippen LogP contribution in [0.4, 0.5) is 11.6 Å². The maximum absolute atomic E-state index is 5.41. The summed E-state index contributed by atoms with van der Waals surface area (Å²) in [5.74, 6) is 6.56. The molecule has 1 heterocycles. The first kappa shape index (κ1) is 12.7. The van der Waals surface area contributed by atoms with Crippen LogP contribution in [0.15, 0.2) is 12.4 Å². The number of hydrogen-bond donors (Lipinski definition) is 3. The minimum absolute atomic E-state index is 0.587. The molecule has 0 amide bonds. The number of ether oxygens (including phenoxy) is 1.